The molecule has 2 aromatic carbocycles. The fourth-order valence-corrected chi connectivity index (χ4v) is 3.31. The molecule has 2 nitrogen and oxygen atoms in total. The average Bonchev–Trinajstić information content (AvgIpc) is 2.66. The predicted molar refractivity (Wildman–Crippen MR) is 95.0 cm³/mol. The lowest BCUT2D eigenvalue weighted by molar-refractivity contribution is 0.130. The minimum Gasteiger partial charge on any atom is -0.390 e. The Balaban J connectivity index is 1.56. The van der Waals surface area contributed by atoms with Gasteiger partial charge in [-0.2, -0.15) is 0 Å². The average molecular weight is 342 g/mol. The second kappa shape index (κ2) is 8.75. The van der Waals surface area contributed by atoms with E-state index >= 15 is 0 Å². The number of hydrogen-bond donors (Lipinski definition) is 0. The molecule has 0 aliphatic heterocycles. The monoisotopic (exact) mass is 342 g/mol. The molecule has 131 valence electrons. The third-order valence-electron chi connectivity index (χ3n) is 4.64. The van der Waals surface area contributed by atoms with Crippen molar-refractivity contribution in [2.45, 2.75) is 51.1 Å². The molecule has 1 aliphatic rings. The van der Waals surface area contributed by atoms with Crippen molar-refractivity contribution in [3.05, 3.63) is 70.8 Å². The second-order valence-electron chi connectivity index (χ2n) is 6.48. The highest BCUT2D eigenvalue weighted by molar-refractivity contribution is 5.79. The maximum absolute atomic E-state index is 12.7. The van der Waals surface area contributed by atoms with Crippen LogP contribution in [0.15, 0.2) is 53.7 Å². The van der Waals surface area contributed by atoms with Crippen LogP contribution in [0.4, 0.5) is 8.78 Å². The molecular formula is C21H22F2NO. The summed E-state index contributed by atoms with van der Waals surface area (Å²) in [6.07, 6.45) is 6.84. The van der Waals surface area contributed by atoms with Crippen LogP contribution in [0.3, 0.4) is 0 Å². The summed E-state index contributed by atoms with van der Waals surface area (Å²) in [5.41, 5.74) is 2.88. The Hall–Kier alpha value is -2.23. The van der Waals surface area contributed by atoms with Crippen molar-refractivity contribution in [1.29, 1.82) is 0 Å². The Morgan fingerprint density at radius 3 is 2.64 bits per heavy atom. The van der Waals surface area contributed by atoms with Crippen molar-refractivity contribution in [1.82, 2.24) is 0 Å². The third kappa shape index (κ3) is 5.12. The molecule has 0 unspecified atom stereocenters. The van der Waals surface area contributed by atoms with E-state index in [1.807, 2.05) is 12.1 Å². The summed E-state index contributed by atoms with van der Waals surface area (Å²) in [5.74, 6) is 0.633. The van der Waals surface area contributed by atoms with Gasteiger partial charge in [0, 0.05) is 11.1 Å². The summed E-state index contributed by atoms with van der Waals surface area (Å²) in [7, 11) is 0. The lowest BCUT2D eigenvalue weighted by Crippen LogP contribution is -2.04. The van der Waals surface area contributed by atoms with Gasteiger partial charge in [0.1, 0.15) is 12.8 Å². The molecule has 0 N–H and O–H groups in total. The summed E-state index contributed by atoms with van der Waals surface area (Å²) in [6, 6.07) is 14.4. The molecule has 0 saturated heterocycles. The van der Waals surface area contributed by atoms with Gasteiger partial charge in [-0.05, 0) is 42.0 Å². The Kier molecular flexibility index (Phi) is 6.15. The highest BCUT2D eigenvalue weighted by Crippen LogP contribution is 2.32. The zero-order valence-corrected chi connectivity index (χ0v) is 14.1. The summed E-state index contributed by atoms with van der Waals surface area (Å²) < 4.78 is 25.3. The molecule has 0 spiro atoms. The van der Waals surface area contributed by atoms with Gasteiger partial charge >= 0.3 is 0 Å². The summed E-state index contributed by atoms with van der Waals surface area (Å²) in [4.78, 5) is 5.21. The van der Waals surface area contributed by atoms with Gasteiger partial charge in [0.25, 0.3) is 6.43 Å². The highest BCUT2D eigenvalue weighted by atomic mass is 19.3. The second-order valence-corrected chi connectivity index (χ2v) is 6.48. The fraction of sp³-hybridized carbons (Fsp3) is 0.381. The lowest BCUT2D eigenvalue weighted by Gasteiger charge is -2.22. The molecule has 0 aromatic heterocycles. The molecule has 0 amide bonds. The smallest absolute Gasteiger partial charge is 0.263 e. The lowest BCUT2D eigenvalue weighted by atomic mass is 9.84. The molecule has 1 fully saturated rings. The van der Waals surface area contributed by atoms with Crippen LogP contribution in [-0.4, -0.2) is 6.21 Å². The molecule has 1 radical (unpaired) electrons. The summed E-state index contributed by atoms with van der Waals surface area (Å²) >= 11 is 0. The van der Waals surface area contributed by atoms with Crippen molar-refractivity contribution < 1.29 is 13.6 Å². The molecule has 3 rings (SSSR count). The maximum atomic E-state index is 12.7. The van der Waals surface area contributed by atoms with Gasteiger partial charge in [0.15, 0.2) is 0 Å². The van der Waals surface area contributed by atoms with Crippen molar-refractivity contribution in [3.63, 3.8) is 0 Å². The van der Waals surface area contributed by atoms with Crippen LogP contribution >= 0.6 is 0 Å². The van der Waals surface area contributed by atoms with Crippen molar-refractivity contribution in [3.8, 4) is 0 Å². The van der Waals surface area contributed by atoms with E-state index in [0.29, 0.717) is 11.5 Å². The van der Waals surface area contributed by atoms with Crippen LogP contribution in [0, 0.1) is 0 Å². The zero-order valence-electron chi connectivity index (χ0n) is 14.1. The Morgan fingerprint density at radius 2 is 1.84 bits per heavy atom. The quantitative estimate of drug-likeness (QED) is 0.459. The fourth-order valence-electron chi connectivity index (χ4n) is 3.31. The van der Waals surface area contributed by atoms with Gasteiger partial charge in [-0.3, -0.25) is 0 Å². The normalized spacial score (nSPS) is 15.8. The van der Waals surface area contributed by atoms with Crippen molar-refractivity contribution in [2.24, 2.45) is 5.16 Å². The van der Waals surface area contributed by atoms with E-state index in [1.54, 1.807) is 12.1 Å². The van der Waals surface area contributed by atoms with Gasteiger partial charge in [-0.1, -0.05) is 60.8 Å². The molecule has 25 heavy (non-hydrogen) atoms. The van der Waals surface area contributed by atoms with Gasteiger partial charge in [0.2, 0.25) is 0 Å². The van der Waals surface area contributed by atoms with Crippen LogP contribution in [0.2, 0.25) is 0 Å². The van der Waals surface area contributed by atoms with E-state index in [-0.39, 0.29) is 12.2 Å². The molecule has 0 heterocycles. The molecule has 4 heteroatoms. The molecule has 1 aliphatic carbocycles. The maximum Gasteiger partial charge on any atom is 0.263 e. The summed E-state index contributed by atoms with van der Waals surface area (Å²) in [6.45, 7) is 0.149. The number of nitrogens with zero attached hydrogens (tertiary/aromatic N) is 1. The standard InChI is InChI=1S/C21H22F2NO/c22-21(23)20-11-5-7-17(13-20)15-25-24-14-16-6-4-10-19(12-16)18-8-2-1-3-9-18/h4-7,10-13,18,21H,1-3,8-9,15H2. The van der Waals surface area contributed by atoms with E-state index in [4.69, 9.17) is 4.84 Å². The molecule has 0 bridgehead atoms. The number of benzene rings is 2. The molecule has 2 aromatic rings. The topological polar surface area (TPSA) is 21.6 Å². The minimum atomic E-state index is -2.47. The van der Waals surface area contributed by atoms with E-state index in [2.05, 4.69) is 23.5 Å². The minimum absolute atomic E-state index is 0.00533. The van der Waals surface area contributed by atoms with Gasteiger partial charge < -0.3 is 4.84 Å². The van der Waals surface area contributed by atoms with Crippen LogP contribution < -0.4 is 0 Å². The van der Waals surface area contributed by atoms with Crippen molar-refractivity contribution >= 4 is 6.21 Å². The van der Waals surface area contributed by atoms with Crippen molar-refractivity contribution in [2.75, 3.05) is 0 Å². The first-order valence-electron chi connectivity index (χ1n) is 8.77. The van der Waals surface area contributed by atoms with E-state index in [0.717, 1.165) is 5.56 Å². The molecule has 1 saturated carbocycles. The predicted octanol–water partition coefficient (Wildman–Crippen LogP) is 6.10. The zero-order chi connectivity index (χ0) is 17.5. The van der Waals surface area contributed by atoms with Gasteiger partial charge in [-0.15, -0.1) is 0 Å². The first-order valence-corrected chi connectivity index (χ1v) is 8.77. The molecular weight excluding hydrogens is 320 g/mol. The number of rotatable bonds is 6. The number of hydrogen-bond acceptors (Lipinski definition) is 2. The van der Waals surface area contributed by atoms with Crippen LogP contribution in [0.1, 0.15) is 66.7 Å². The van der Waals surface area contributed by atoms with E-state index < -0.39 is 6.43 Å². The first kappa shape index (κ1) is 17.6. The first-order chi connectivity index (χ1) is 12.2. The Morgan fingerprint density at radius 1 is 1.04 bits per heavy atom. The Labute approximate surface area is 147 Å². The van der Waals surface area contributed by atoms with Crippen LogP contribution in [0.25, 0.3) is 0 Å². The van der Waals surface area contributed by atoms with Gasteiger partial charge in [0.05, 0.1) is 0 Å². The van der Waals surface area contributed by atoms with Crippen LogP contribution in [0.5, 0.6) is 0 Å². The highest BCUT2D eigenvalue weighted by Gasteiger charge is 2.15. The van der Waals surface area contributed by atoms with Gasteiger partial charge in [-0.25, -0.2) is 8.78 Å². The number of alkyl halides is 2. The summed E-state index contributed by atoms with van der Waals surface area (Å²) in [5, 5.41) is 3.86. The van der Waals surface area contributed by atoms with Crippen LogP contribution in [-0.2, 0) is 11.4 Å². The van der Waals surface area contributed by atoms with E-state index in [9.17, 15) is 8.78 Å². The van der Waals surface area contributed by atoms with E-state index in [1.165, 1.54) is 49.8 Å². The Bertz CT molecular complexity index is 709. The number of halogens is 2. The molecule has 0 atom stereocenters. The SMILES string of the molecule is FC(F)c1cccc(CO/N=[C]\c2cccc(C3CCCCC3)c2)c1. The third-order valence-corrected chi connectivity index (χ3v) is 4.64. The largest absolute Gasteiger partial charge is 0.390 e.